The van der Waals surface area contributed by atoms with Crippen molar-refractivity contribution < 1.29 is 0 Å². The SMILES string of the molecule is CC12CCCCC1(C)N(c1cc3c4c(c1)N(c1ccccc1-c1ccccc1)c1cccc5c1B4c1c(cccc1[Si]5(C)C)N3c1ccccc1-c1ccccc1)c1ccccc12. The van der Waals surface area contributed by atoms with E-state index < -0.39 is 8.07 Å². The van der Waals surface area contributed by atoms with Crippen molar-refractivity contribution in [1.82, 2.24) is 0 Å². The van der Waals surface area contributed by atoms with Gasteiger partial charge in [0.1, 0.15) is 8.07 Å². The van der Waals surface area contributed by atoms with Gasteiger partial charge in [-0.1, -0.05) is 183 Å². The summed E-state index contributed by atoms with van der Waals surface area (Å²) in [5.41, 5.74) is 20.9. The molecular weight excluding hydrogens is 778 g/mol. The van der Waals surface area contributed by atoms with Gasteiger partial charge in [0.25, 0.3) is 6.71 Å². The van der Waals surface area contributed by atoms with Crippen LogP contribution in [0.15, 0.2) is 182 Å². The topological polar surface area (TPSA) is 9.72 Å². The third-order valence-corrected chi connectivity index (χ3v) is 19.8. The molecule has 5 heteroatoms. The number of hydrogen-bond donors (Lipinski definition) is 0. The normalized spacial score (nSPS) is 20.6. The highest BCUT2D eigenvalue weighted by Gasteiger charge is 2.58. The van der Waals surface area contributed by atoms with Gasteiger partial charge in [-0.15, -0.1) is 0 Å². The Kier molecular flexibility index (Phi) is 7.78. The van der Waals surface area contributed by atoms with Crippen LogP contribution in [0.2, 0.25) is 13.1 Å². The molecule has 63 heavy (non-hydrogen) atoms. The molecule has 0 radical (unpaired) electrons. The first-order valence-corrected chi connectivity index (χ1v) is 26.0. The fourth-order valence-electron chi connectivity index (χ4n) is 13.1. The first-order chi connectivity index (χ1) is 30.8. The maximum atomic E-state index is 2.79. The number of rotatable bonds is 5. The highest BCUT2D eigenvalue weighted by Crippen LogP contribution is 2.62. The molecule has 0 saturated heterocycles. The van der Waals surface area contributed by atoms with E-state index in [4.69, 9.17) is 0 Å². The number of hydrogen-bond acceptors (Lipinski definition) is 3. The van der Waals surface area contributed by atoms with Gasteiger partial charge in [0.05, 0.1) is 16.9 Å². The second-order valence-electron chi connectivity index (χ2n) is 19.5. The van der Waals surface area contributed by atoms with Crippen molar-refractivity contribution in [3.63, 3.8) is 0 Å². The van der Waals surface area contributed by atoms with E-state index in [1.54, 1.807) is 10.4 Å². The molecule has 8 aromatic carbocycles. The number of benzene rings is 8. The van der Waals surface area contributed by atoms with E-state index in [0.29, 0.717) is 0 Å². The molecule has 4 aliphatic heterocycles. The second kappa shape index (κ2) is 13.2. The molecule has 8 aromatic rings. The Bertz CT molecular complexity index is 3010. The fraction of sp³-hybridized carbons (Fsp3) is 0.172. The molecule has 0 aromatic heterocycles. The third kappa shape index (κ3) is 4.86. The first kappa shape index (κ1) is 37.0. The Morgan fingerprint density at radius 1 is 0.444 bits per heavy atom. The van der Waals surface area contributed by atoms with Crippen LogP contribution in [0.3, 0.4) is 0 Å². The van der Waals surface area contributed by atoms with Crippen molar-refractivity contribution in [1.29, 1.82) is 0 Å². The zero-order chi connectivity index (χ0) is 42.2. The summed E-state index contributed by atoms with van der Waals surface area (Å²) in [5.74, 6) is 0. The summed E-state index contributed by atoms with van der Waals surface area (Å²) in [6.45, 7) is 10.4. The fourth-order valence-corrected chi connectivity index (χ4v) is 16.3. The summed E-state index contributed by atoms with van der Waals surface area (Å²) >= 11 is 0. The molecule has 2 atom stereocenters. The Balaban J connectivity index is 1.19. The second-order valence-corrected chi connectivity index (χ2v) is 23.9. The van der Waals surface area contributed by atoms with Crippen LogP contribution < -0.4 is 41.5 Å². The molecule has 0 spiro atoms. The lowest BCUT2D eigenvalue weighted by molar-refractivity contribution is 0.195. The Hall–Kier alpha value is -6.56. The van der Waals surface area contributed by atoms with E-state index in [0.717, 1.165) is 6.42 Å². The van der Waals surface area contributed by atoms with Crippen LogP contribution in [0, 0.1) is 0 Å². The number of nitrogens with zero attached hydrogens (tertiary/aromatic N) is 3. The van der Waals surface area contributed by atoms with E-state index in [1.165, 1.54) is 109 Å². The average Bonchev–Trinajstić information content (AvgIpc) is 3.54. The molecule has 0 bridgehead atoms. The molecule has 13 rings (SSSR count). The van der Waals surface area contributed by atoms with E-state index in [1.807, 2.05) is 0 Å². The van der Waals surface area contributed by atoms with Crippen molar-refractivity contribution in [2.45, 2.75) is 63.6 Å². The zero-order valence-electron chi connectivity index (χ0n) is 36.6. The first-order valence-electron chi connectivity index (χ1n) is 23.0. The minimum Gasteiger partial charge on any atom is -0.334 e. The molecule has 3 nitrogen and oxygen atoms in total. The number of anilines is 8. The molecule has 0 amide bonds. The predicted molar refractivity (Wildman–Crippen MR) is 271 cm³/mol. The van der Waals surface area contributed by atoms with Gasteiger partial charge in [-0.05, 0) is 95.3 Å². The Labute approximate surface area is 373 Å². The molecule has 1 saturated carbocycles. The Morgan fingerprint density at radius 2 is 0.905 bits per heavy atom. The van der Waals surface area contributed by atoms with Crippen LogP contribution in [-0.2, 0) is 5.41 Å². The van der Waals surface area contributed by atoms with Crippen LogP contribution in [-0.4, -0.2) is 20.3 Å². The van der Waals surface area contributed by atoms with Crippen LogP contribution >= 0.6 is 0 Å². The van der Waals surface area contributed by atoms with Gasteiger partial charge in [-0.3, -0.25) is 0 Å². The lowest BCUT2D eigenvalue weighted by Gasteiger charge is -2.52. The standard InChI is InChI=1S/C58H50BN3Si/c1-57-35-17-18-36-58(57,2)62(47-30-16-13-27-44(47)57)41-37-50-54-51(38-41)61(46-29-15-12-26-43(46)40-23-9-6-10-24-40)49-32-20-34-53-56(49)59(54)55-48(31-19-33-52(55)63(53,3)4)60(50)45-28-14-11-25-42(45)39-21-7-5-8-22-39/h5-16,19-34,37-38H,17-18,35-36H2,1-4H3. The molecule has 304 valence electrons. The maximum Gasteiger partial charge on any atom is 0.251 e. The molecule has 1 aliphatic carbocycles. The van der Waals surface area contributed by atoms with Crippen LogP contribution in [0.1, 0.15) is 45.1 Å². The molecule has 1 fully saturated rings. The van der Waals surface area contributed by atoms with Crippen molar-refractivity contribution in [3.05, 3.63) is 188 Å². The zero-order valence-corrected chi connectivity index (χ0v) is 37.6. The van der Waals surface area contributed by atoms with Crippen LogP contribution in [0.5, 0.6) is 0 Å². The van der Waals surface area contributed by atoms with Crippen molar-refractivity contribution >= 4 is 87.0 Å². The van der Waals surface area contributed by atoms with Gasteiger partial charge in [0.2, 0.25) is 0 Å². The van der Waals surface area contributed by atoms with Crippen molar-refractivity contribution in [2.75, 3.05) is 14.7 Å². The summed E-state index contributed by atoms with van der Waals surface area (Å²) in [7, 11) is -2.20. The van der Waals surface area contributed by atoms with Gasteiger partial charge >= 0.3 is 0 Å². The van der Waals surface area contributed by atoms with E-state index in [2.05, 4.69) is 224 Å². The smallest absolute Gasteiger partial charge is 0.251 e. The third-order valence-electron chi connectivity index (χ3n) is 16.2. The Morgan fingerprint density at radius 3 is 1.46 bits per heavy atom. The van der Waals surface area contributed by atoms with Gasteiger partial charge < -0.3 is 14.7 Å². The van der Waals surface area contributed by atoms with Gasteiger partial charge in [-0.2, -0.15) is 0 Å². The lowest BCUT2D eigenvalue weighted by Crippen LogP contribution is -2.79. The highest BCUT2D eigenvalue weighted by atomic mass is 28.3. The van der Waals surface area contributed by atoms with Gasteiger partial charge in [0.15, 0.2) is 0 Å². The minimum absolute atomic E-state index is 0.0246. The number of fused-ring (bicyclic) bond motifs is 3. The average molecular weight is 828 g/mol. The van der Waals surface area contributed by atoms with Crippen molar-refractivity contribution in [2.24, 2.45) is 0 Å². The van der Waals surface area contributed by atoms with Crippen LogP contribution in [0.4, 0.5) is 45.5 Å². The largest absolute Gasteiger partial charge is 0.334 e. The molecule has 4 heterocycles. The number of para-hydroxylation sites is 3. The maximum absolute atomic E-state index is 2.79. The van der Waals surface area contributed by atoms with Crippen LogP contribution in [0.25, 0.3) is 22.3 Å². The molecule has 2 unspecified atom stereocenters. The van der Waals surface area contributed by atoms with Gasteiger partial charge in [-0.25, -0.2) is 0 Å². The molecule has 0 N–H and O–H groups in total. The van der Waals surface area contributed by atoms with E-state index >= 15 is 0 Å². The monoisotopic (exact) mass is 827 g/mol. The van der Waals surface area contributed by atoms with E-state index in [9.17, 15) is 0 Å². The summed E-state index contributed by atoms with van der Waals surface area (Å²) in [5, 5.41) is 3.10. The van der Waals surface area contributed by atoms with Crippen molar-refractivity contribution in [3.8, 4) is 22.3 Å². The summed E-state index contributed by atoms with van der Waals surface area (Å²) < 4.78 is 0. The molecule has 5 aliphatic rings. The predicted octanol–water partition coefficient (Wildman–Crippen LogP) is 12.0. The minimum atomic E-state index is -2.20. The van der Waals surface area contributed by atoms with Gasteiger partial charge in [0, 0.05) is 50.7 Å². The summed E-state index contributed by atoms with van der Waals surface area (Å²) in [6.07, 6.45) is 4.83. The lowest BCUT2D eigenvalue weighted by atomic mass is 9.33. The van der Waals surface area contributed by atoms with E-state index in [-0.39, 0.29) is 17.7 Å². The summed E-state index contributed by atoms with van der Waals surface area (Å²) in [4.78, 5) is 8.14. The molecular formula is C58H50BN3Si. The highest BCUT2D eigenvalue weighted by molar-refractivity contribution is 7.16. The summed E-state index contributed by atoms with van der Waals surface area (Å²) in [6, 6.07) is 69.3. The quantitative estimate of drug-likeness (QED) is 0.160.